The van der Waals surface area contributed by atoms with E-state index in [0.29, 0.717) is 16.8 Å². The molecule has 0 aromatic heterocycles. The number of benzene rings is 2. The zero-order valence-corrected chi connectivity index (χ0v) is 13.7. The van der Waals surface area contributed by atoms with Gasteiger partial charge in [-0.2, -0.15) is 0 Å². The molecule has 0 bridgehead atoms. The van der Waals surface area contributed by atoms with E-state index >= 15 is 0 Å². The van der Waals surface area contributed by atoms with Gasteiger partial charge in [-0.05, 0) is 34.0 Å². The van der Waals surface area contributed by atoms with Crippen LogP contribution in [0.5, 0.6) is 5.75 Å². The quantitative estimate of drug-likeness (QED) is 0.744. The first kappa shape index (κ1) is 14.9. The van der Waals surface area contributed by atoms with Crippen molar-refractivity contribution in [1.82, 2.24) is 0 Å². The number of aromatic hydroxyl groups is 1. The Bertz CT molecular complexity index is 606. The molecule has 0 atom stereocenters. The third kappa shape index (κ3) is 3.31. The molecule has 2 heteroatoms. The molecule has 0 unspecified atom stereocenters. The monoisotopic (exact) mass is 283 g/mol. The van der Waals surface area contributed by atoms with E-state index < -0.39 is 8.80 Å². The summed E-state index contributed by atoms with van der Waals surface area (Å²) in [6.07, 6.45) is 2.11. The summed E-state index contributed by atoms with van der Waals surface area (Å²) in [6.45, 7) is 9.16. The van der Waals surface area contributed by atoms with E-state index in [1.807, 2.05) is 24.3 Å². The second-order valence-corrected chi connectivity index (χ2v) is 9.54. The highest BCUT2D eigenvalue weighted by molar-refractivity contribution is 6.67. The number of phenols is 1. The van der Waals surface area contributed by atoms with Crippen molar-refractivity contribution in [3.8, 4) is 5.75 Å². The predicted octanol–water partition coefficient (Wildman–Crippen LogP) is 5.41. The number of phenolic OH excluding ortho intramolecular Hbond substituents is 1. The largest absolute Gasteiger partial charge is 0.507 e. The molecule has 105 valence electrons. The van der Waals surface area contributed by atoms with Gasteiger partial charge in [-0.15, -0.1) is 0 Å². The summed E-state index contributed by atoms with van der Waals surface area (Å²) in [4.78, 5) is 0. The zero-order chi connectivity index (χ0) is 14.7. The van der Waals surface area contributed by atoms with Gasteiger partial charge in [0.15, 0.2) is 0 Å². The van der Waals surface area contributed by atoms with Gasteiger partial charge in [-0.3, -0.25) is 0 Å². The molecule has 2 rings (SSSR count). The molecule has 1 nitrogen and oxygen atoms in total. The van der Waals surface area contributed by atoms with Crippen LogP contribution in [-0.4, -0.2) is 13.9 Å². The van der Waals surface area contributed by atoms with Crippen molar-refractivity contribution in [2.75, 3.05) is 0 Å². The van der Waals surface area contributed by atoms with Gasteiger partial charge in [0.05, 0.1) is 8.80 Å². The summed E-state index contributed by atoms with van der Waals surface area (Å²) in [5, 5.41) is 12.4. The van der Waals surface area contributed by atoms with Crippen molar-refractivity contribution in [2.45, 2.75) is 38.8 Å². The Labute approximate surface area is 123 Å². The fourth-order valence-corrected chi connectivity index (χ4v) is 5.09. The SMILES string of the molecule is CC(C)[Si](C=Cc1cc2ccccc2cc1O)C(C)C. The Balaban J connectivity index is 2.35. The van der Waals surface area contributed by atoms with Crippen molar-refractivity contribution in [3.05, 3.63) is 47.7 Å². The lowest BCUT2D eigenvalue weighted by Crippen LogP contribution is -2.17. The topological polar surface area (TPSA) is 20.2 Å². The highest BCUT2D eigenvalue weighted by Gasteiger charge is 2.16. The van der Waals surface area contributed by atoms with E-state index in [9.17, 15) is 5.11 Å². The van der Waals surface area contributed by atoms with Crippen molar-refractivity contribution in [2.24, 2.45) is 0 Å². The van der Waals surface area contributed by atoms with Gasteiger partial charge in [0.25, 0.3) is 0 Å². The van der Waals surface area contributed by atoms with Gasteiger partial charge in [-0.25, -0.2) is 0 Å². The van der Waals surface area contributed by atoms with Crippen LogP contribution in [0.3, 0.4) is 0 Å². The van der Waals surface area contributed by atoms with Gasteiger partial charge in [0.2, 0.25) is 0 Å². The van der Waals surface area contributed by atoms with E-state index in [4.69, 9.17) is 0 Å². The first-order valence-corrected chi connectivity index (χ1v) is 8.99. The van der Waals surface area contributed by atoms with Crippen LogP contribution < -0.4 is 0 Å². The number of hydrogen-bond acceptors (Lipinski definition) is 1. The maximum Gasteiger partial charge on any atom is 0.123 e. The zero-order valence-electron chi connectivity index (χ0n) is 12.7. The highest BCUT2D eigenvalue weighted by atomic mass is 28.3. The van der Waals surface area contributed by atoms with Crippen LogP contribution in [0.15, 0.2) is 42.1 Å². The third-order valence-electron chi connectivity index (χ3n) is 3.68. The van der Waals surface area contributed by atoms with Crippen molar-refractivity contribution >= 4 is 25.6 Å². The summed E-state index contributed by atoms with van der Waals surface area (Å²) in [6, 6.07) is 12.1. The summed E-state index contributed by atoms with van der Waals surface area (Å²) in [5.74, 6) is 0.369. The third-order valence-corrected chi connectivity index (χ3v) is 6.90. The molecule has 20 heavy (non-hydrogen) atoms. The standard InChI is InChI=1S/C18H23OSi/c1-13(2)20(14(3)4)10-9-17-11-15-7-5-6-8-16(15)12-18(17)19/h5-14,19H,1-4H3. The van der Waals surface area contributed by atoms with Gasteiger partial charge < -0.3 is 5.11 Å². The molecular formula is C18H23OSi. The number of rotatable bonds is 4. The van der Waals surface area contributed by atoms with E-state index in [-0.39, 0.29) is 0 Å². The van der Waals surface area contributed by atoms with Crippen molar-refractivity contribution in [3.63, 3.8) is 0 Å². The van der Waals surface area contributed by atoms with E-state index in [2.05, 4.69) is 51.6 Å². The molecule has 0 aliphatic heterocycles. The van der Waals surface area contributed by atoms with E-state index in [1.54, 1.807) is 0 Å². The lowest BCUT2D eigenvalue weighted by molar-refractivity contribution is 0.475. The summed E-state index contributed by atoms with van der Waals surface area (Å²) in [5.41, 5.74) is 4.68. The molecule has 1 N–H and O–H groups in total. The number of hydrogen-bond donors (Lipinski definition) is 1. The molecule has 2 aromatic rings. The van der Waals surface area contributed by atoms with Crippen LogP contribution in [0.1, 0.15) is 33.3 Å². The predicted molar refractivity (Wildman–Crippen MR) is 90.6 cm³/mol. The van der Waals surface area contributed by atoms with Crippen LogP contribution in [0, 0.1) is 0 Å². The number of fused-ring (bicyclic) bond motifs is 1. The maximum absolute atomic E-state index is 10.2. The molecule has 2 aromatic carbocycles. The highest BCUT2D eigenvalue weighted by Crippen LogP contribution is 2.28. The molecule has 0 spiro atoms. The average Bonchev–Trinajstić information content (AvgIpc) is 2.38. The lowest BCUT2D eigenvalue weighted by atomic mass is 10.1. The minimum absolute atomic E-state index is 0.369. The summed E-state index contributed by atoms with van der Waals surface area (Å²) < 4.78 is 0. The van der Waals surface area contributed by atoms with Gasteiger partial charge in [-0.1, -0.05) is 63.7 Å². The van der Waals surface area contributed by atoms with E-state index in [0.717, 1.165) is 10.9 Å². The van der Waals surface area contributed by atoms with Crippen LogP contribution in [0.2, 0.25) is 11.1 Å². The molecule has 0 amide bonds. The van der Waals surface area contributed by atoms with Gasteiger partial charge >= 0.3 is 0 Å². The van der Waals surface area contributed by atoms with Crippen LogP contribution in [0.4, 0.5) is 0 Å². The van der Waals surface area contributed by atoms with Gasteiger partial charge in [0, 0.05) is 5.56 Å². The second kappa shape index (κ2) is 6.27. The Morgan fingerprint density at radius 1 is 0.950 bits per heavy atom. The summed E-state index contributed by atoms with van der Waals surface area (Å²) in [7, 11) is -0.537. The smallest absolute Gasteiger partial charge is 0.123 e. The minimum Gasteiger partial charge on any atom is -0.507 e. The van der Waals surface area contributed by atoms with E-state index in [1.165, 1.54) is 5.39 Å². The molecule has 0 aliphatic carbocycles. The van der Waals surface area contributed by atoms with Crippen molar-refractivity contribution in [1.29, 1.82) is 0 Å². The van der Waals surface area contributed by atoms with Crippen LogP contribution in [0.25, 0.3) is 16.8 Å². The molecular weight excluding hydrogens is 260 g/mol. The minimum atomic E-state index is -0.537. The average molecular weight is 283 g/mol. The Hall–Kier alpha value is -1.54. The molecule has 0 saturated heterocycles. The molecule has 0 heterocycles. The molecule has 1 radical (unpaired) electrons. The Morgan fingerprint density at radius 2 is 1.50 bits per heavy atom. The normalized spacial score (nSPS) is 12.3. The molecule has 0 fully saturated rings. The van der Waals surface area contributed by atoms with Crippen molar-refractivity contribution < 1.29 is 5.11 Å². The Kier molecular flexibility index (Phi) is 4.66. The molecule has 0 saturated carbocycles. The first-order valence-electron chi connectivity index (χ1n) is 7.25. The van der Waals surface area contributed by atoms with Gasteiger partial charge in [0.1, 0.15) is 5.75 Å². The molecule has 0 aliphatic rings. The first-order chi connectivity index (χ1) is 9.49. The summed E-state index contributed by atoms with van der Waals surface area (Å²) >= 11 is 0. The fraction of sp³-hybridized carbons (Fsp3) is 0.333. The lowest BCUT2D eigenvalue weighted by Gasteiger charge is -2.18. The Morgan fingerprint density at radius 3 is 2.05 bits per heavy atom. The maximum atomic E-state index is 10.2. The van der Waals surface area contributed by atoms with Crippen LogP contribution in [-0.2, 0) is 0 Å². The fourth-order valence-electron chi connectivity index (χ4n) is 2.62. The van der Waals surface area contributed by atoms with Crippen LogP contribution >= 0.6 is 0 Å². The second-order valence-electron chi connectivity index (χ2n) is 5.90.